The molecule has 0 spiro atoms. The predicted molar refractivity (Wildman–Crippen MR) is 87.9 cm³/mol. The van der Waals surface area contributed by atoms with E-state index in [-0.39, 0.29) is 0 Å². The second-order valence-electron chi connectivity index (χ2n) is 5.85. The van der Waals surface area contributed by atoms with Crippen molar-refractivity contribution in [1.82, 2.24) is 15.1 Å². The van der Waals surface area contributed by atoms with Crippen molar-refractivity contribution in [1.29, 1.82) is 0 Å². The third-order valence-electron chi connectivity index (χ3n) is 4.26. The highest BCUT2D eigenvalue weighted by Gasteiger charge is 2.30. The first kappa shape index (κ1) is 16.3. The van der Waals surface area contributed by atoms with Crippen LogP contribution in [0.3, 0.4) is 0 Å². The fourth-order valence-electron chi connectivity index (χ4n) is 3.04. The average molecular weight is 291 g/mol. The fraction of sp³-hybridized carbons (Fsp3) is 0.647. The third-order valence-corrected chi connectivity index (χ3v) is 4.26. The van der Waals surface area contributed by atoms with Crippen LogP contribution in [0.25, 0.3) is 0 Å². The lowest BCUT2D eigenvalue weighted by Gasteiger charge is -2.42. The molecule has 1 N–H and O–H groups in total. The maximum atomic E-state index is 5.55. The Balaban J connectivity index is 2.16. The molecule has 2 rings (SSSR count). The summed E-state index contributed by atoms with van der Waals surface area (Å²) in [5, 5.41) is 3.66. The molecule has 2 unspecified atom stereocenters. The Labute approximate surface area is 129 Å². The Morgan fingerprint density at radius 3 is 2.52 bits per heavy atom. The summed E-state index contributed by atoms with van der Waals surface area (Å²) in [5.41, 5.74) is 1.34. The molecule has 0 amide bonds. The molecule has 0 saturated carbocycles. The molecule has 1 aromatic rings. The van der Waals surface area contributed by atoms with E-state index < -0.39 is 0 Å². The first-order valence-corrected chi connectivity index (χ1v) is 8.00. The number of ether oxygens (including phenoxy) is 1. The van der Waals surface area contributed by atoms with Gasteiger partial charge in [-0.1, -0.05) is 19.1 Å². The highest BCUT2D eigenvalue weighted by Crippen LogP contribution is 2.25. The highest BCUT2D eigenvalue weighted by molar-refractivity contribution is 5.30. The Morgan fingerprint density at radius 1 is 1.19 bits per heavy atom. The van der Waals surface area contributed by atoms with Crippen LogP contribution in [0.2, 0.25) is 0 Å². The minimum absolute atomic E-state index is 0.360. The SMILES string of the molecule is CCNC(c1ccc(OCC)cc1)C1CN(C)CCN1C. The zero-order valence-electron chi connectivity index (χ0n) is 13.8. The lowest BCUT2D eigenvalue weighted by atomic mass is 9.96. The van der Waals surface area contributed by atoms with E-state index in [0.717, 1.165) is 31.9 Å². The fourth-order valence-corrected chi connectivity index (χ4v) is 3.04. The van der Waals surface area contributed by atoms with Crippen molar-refractivity contribution in [3.63, 3.8) is 0 Å². The molecule has 1 heterocycles. The second-order valence-corrected chi connectivity index (χ2v) is 5.85. The molecule has 1 fully saturated rings. The van der Waals surface area contributed by atoms with Gasteiger partial charge < -0.3 is 15.0 Å². The van der Waals surface area contributed by atoms with Crippen LogP contribution in [0.1, 0.15) is 25.5 Å². The molecule has 21 heavy (non-hydrogen) atoms. The van der Waals surface area contributed by atoms with Crippen molar-refractivity contribution >= 4 is 0 Å². The third kappa shape index (κ3) is 4.19. The molecule has 1 saturated heterocycles. The molecule has 0 bridgehead atoms. The van der Waals surface area contributed by atoms with Crippen LogP contribution in [0.4, 0.5) is 0 Å². The summed E-state index contributed by atoms with van der Waals surface area (Å²) in [6, 6.07) is 9.41. The van der Waals surface area contributed by atoms with Crippen molar-refractivity contribution < 1.29 is 4.74 Å². The molecule has 1 aliphatic heterocycles. The van der Waals surface area contributed by atoms with Crippen LogP contribution >= 0.6 is 0 Å². The molecule has 0 aromatic heterocycles. The zero-order chi connectivity index (χ0) is 15.2. The van der Waals surface area contributed by atoms with Gasteiger partial charge in [0.05, 0.1) is 6.61 Å². The molecular weight excluding hydrogens is 262 g/mol. The number of rotatable bonds is 6. The van der Waals surface area contributed by atoms with Gasteiger partial charge in [0.2, 0.25) is 0 Å². The van der Waals surface area contributed by atoms with Gasteiger partial charge in [-0.2, -0.15) is 0 Å². The van der Waals surface area contributed by atoms with Gasteiger partial charge in [-0.25, -0.2) is 0 Å². The largest absolute Gasteiger partial charge is 0.494 e. The first-order chi connectivity index (χ1) is 10.2. The van der Waals surface area contributed by atoms with Gasteiger partial charge in [0.1, 0.15) is 5.75 Å². The smallest absolute Gasteiger partial charge is 0.119 e. The second kappa shape index (κ2) is 7.78. The minimum atomic E-state index is 0.360. The van der Waals surface area contributed by atoms with Crippen LogP contribution < -0.4 is 10.1 Å². The Bertz CT molecular complexity index is 421. The maximum absolute atomic E-state index is 5.55. The maximum Gasteiger partial charge on any atom is 0.119 e. The Hall–Kier alpha value is -1.10. The van der Waals surface area contributed by atoms with Crippen molar-refractivity contribution in [2.45, 2.75) is 25.9 Å². The van der Waals surface area contributed by atoms with Gasteiger partial charge in [-0.05, 0) is 45.3 Å². The van der Waals surface area contributed by atoms with Gasteiger partial charge in [-0.15, -0.1) is 0 Å². The van der Waals surface area contributed by atoms with E-state index in [2.05, 4.69) is 60.4 Å². The predicted octanol–water partition coefficient (Wildman–Crippen LogP) is 1.98. The molecule has 1 aromatic carbocycles. The van der Waals surface area contributed by atoms with Crippen LogP contribution in [0, 0.1) is 0 Å². The summed E-state index contributed by atoms with van der Waals surface area (Å²) >= 11 is 0. The molecule has 4 nitrogen and oxygen atoms in total. The molecular formula is C17H29N3O. The number of hydrogen-bond acceptors (Lipinski definition) is 4. The van der Waals surface area contributed by atoms with Crippen LogP contribution in [0.15, 0.2) is 24.3 Å². The van der Waals surface area contributed by atoms with Crippen LogP contribution in [-0.4, -0.2) is 62.7 Å². The van der Waals surface area contributed by atoms with E-state index in [9.17, 15) is 0 Å². The zero-order valence-corrected chi connectivity index (χ0v) is 13.8. The topological polar surface area (TPSA) is 27.7 Å². The number of piperazine rings is 1. The summed E-state index contributed by atoms with van der Waals surface area (Å²) in [7, 11) is 4.44. The quantitative estimate of drug-likeness (QED) is 0.867. The lowest BCUT2D eigenvalue weighted by Crippen LogP contribution is -2.55. The van der Waals surface area contributed by atoms with Gasteiger partial charge in [0.15, 0.2) is 0 Å². The summed E-state index contributed by atoms with van der Waals surface area (Å²) in [6.45, 7) is 9.25. The van der Waals surface area contributed by atoms with Crippen molar-refractivity contribution in [2.24, 2.45) is 0 Å². The number of hydrogen-bond donors (Lipinski definition) is 1. The number of nitrogens with one attached hydrogen (secondary N) is 1. The summed E-state index contributed by atoms with van der Waals surface area (Å²) in [6.07, 6.45) is 0. The number of nitrogens with zero attached hydrogens (tertiary/aromatic N) is 2. The molecule has 2 atom stereocenters. The molecule has 4 heteroatoms. The Morgan fingerprint density at radius 2 is 1.90 bits per heavy atom. The molecule has 118 valence electrons. The first-order valence-electron chi connectivity index (χ1n) is 8.00. The van der Waals surface area contributed by atoms with Crippen LogP contribution in [-0.2, 0) is 0 Å². The van der Waals surface area contributed by atoms with E-state index in [0.29, 0.717) is 18.7 Å². The van der Waals surface area contributed by atoms with E-state index in [4.69, 9.17) is 4.74 Å². The standard InChI is InChI=1S/C17H29N3O/c1-5-18-17(16-13-19(3)11-12-20(16)4)14-7-9-15(10-8-14)21-6-2/h7-10,16-18H,5-6,11-13H2,1-4H3. The van der Waals surface area contributed by atoms with Gasteiger partial charge in [0, 0.05) is 31.7 Å². The summed E-state index contributed by atoms with van der Waals surface area (Å²) in [4.78, 5) is 4.90. The van der Waals surface area contributed by atoms with Crippen molar-refractivity contribution in [3.05, 3.63) is 29.8 Å². The molecule has 0 aliphatic carbocycles. The number of likely N-dealkylation sites (N-methyl/N-ethyl adjacent to an activating group) is 3. The van der Waals surface area contributed by atoms with Crippen LogP contribution in [0.5, 0.6) is 5.75 Å². The van der Waals surface area contributed by atoms with Crippen molar-refractivity contribution in [3.8, 4) is 5.75 Å². The van der Waals surface area contributed by atoms with Crippen molar-refractivity contribution in [2.75, 3.05) is 46.9 Å². The normalized spacial score (nSPS) is 22.2. The van der Waals surface area contributed by atoms with Gasteiger partial charge >= 0.3 is 0 Å². The lowest BCUT2D eigenvalue weighted by molar-refractivity contribution is 0.0880. The molecule has 1 aliphatic rings. The number of benzene rings is 1. The highest BCUT2D eigenvalue weighted by atomic mass is 16.5. The van der Waals surface area contributed by atoms with E-state index >= 15 is 0 Å². The Kier molecular flexibility index (Phi) is 6.03. The molecule has 0 radical (unpaired) electrons. The summed E-state index contributed by atoms with van der Waals surface area (Å²) in [5.74, 6) is 0.950. The van der Waals surface area contributed by atoms with Gasteiger partial charge in [-0.3, -0.25) is 4.90 Å². The average Bonchev–Trinajstić information content (AvgIpc) is 2.49. The minimum Gasteiger partial charge on any atom is -0.494 e. The van der Waals surface area contributed by atoms with Gasteiger partial charge in [0.25, 0.3) is 0 Å². The monoisotopic (exact) mass is 291 g/mol. The van der Waals surface area contributed by atoms with E-state index in [1.165, 1.54) is 5.56 Å². The van der Waals surface area contributed by atoms with E-state index in [1.54, 1.807) is 0 Å². The van der Waals surface area contributed by atoms with E-state index in [1.807, 2.05) is 6.92 Å². The summed E-state index contributed by atoms with van der Waals surface area (Å²) < 4.78 is 5.55.